The molecule has 3 rings (SSSR count). The van der Waals surface area contributed by atoms with Crippen LogP contribution in [0.1, 0.15) is 31.7 Å². The van der Waals surface area contributed by atoms with E-state index in [9.17, 15) is 4.79 Å². The lowest BCUT2D eigenvalue weighted by atomic mass is 10.2. The van der Waals surface area contributed by atoms with E-state index < -0.39 is 0 Å². The zero-order valence-electron chi connectivity index (χ0n) is 16.7. The van der Waals surface area contributed by atoms with Gasteiger partial charge in [-0.15, -0.1) is 24.0 Å². The van der Waals surface area contributed by atoms with E-state index in [1.807, 2.05) is 4.90 Å². The van der Waals surface area contributed by atoms with Gasteiger partial charge in [-0.1, -0.05) is 24.3 Å². The summed E-state index contributed by atoms with van der Waals surface area (Å²) < 4.78 is 0. The van der Waals surface area contributed by atoms with Crippen LogP contribution in [-0.4, -0.2) is 56.0 Å². The van der Waals surface area contributed by atoms with Crippen molar-refractivity contribution in [2.75, 3.05) is 44.2 Å². The van der Waals surface area contributed by atoms with Crippen LogP contribution in [0, 0.1) is 0 Å². The van der Waals surface area contributed by atoms with Gasteiger partial charge in [0.2, 0.25) is 5.91 Å². The predicted octanol–water partition coefficient (Wildman–Crippen LogP) is 2.75. The highest BCUT2D eigenvalue weighted by molar-refractivity contribution is 14.0. The first-order chi connectivity index (χ1) is 13.3. The van der Waals surface area contributed by atoms with E-state index in [-0.39, 0.29) is 24.0 Å². The van der Waals surface area contributed by atoms with Gasteiger partial charge in [0.15, 0.2) is 5.96 Å². The van der Waals surface area contributed by atoms with E-state index in [1.165, 1.54) is 11.3 Å². The molecule has 1 amide bonds. The molecular formula is C21H32IN5O. The number of aliphatic imine (C=N–C) groups is 1. The molecule has 0 aromatic heterocycles. The molecule has 0 bridgehead atoms. The molecule has 1 aromatic rings. The van der Waals surface area contributed by atoms with E-state index >= 15 is 0 Å². The second-order valence-corrected chi connectivity index (χ2v) is 7.00. The van der Waals surface area contributed by atoms with Crippen LogP contribution in [0.5, 0.6) is 0 Å². The Labute approximate surface area is 185 Å². The summed E-state index contributed by atoms with van der Waals surface area (Å²) in [5.41, 5.74) is 2.46. The van der Waals surface area contributed by atoms with Gasteiger partial charge in [-0.05, 0) is 37.5 Å². The zero-order chi connectivity index (χ0) is 18.9. The summed E-state index contributed by atoms with van der Waals surface area (Å²) in [5.74, 6) is 1.13. The largest absolute Gasteiger partial charge is 0.364 e. The second-order valence-electron chi connectivity index (χ2n) is 7.00. The third-order valence-electron chi connectivity index (χ3n) is 4.95. The minimum atomic E-state index is 0. The molecule has 0 radical (unpaired) electrons. The first-order valence-electron chi connectivity index (χ1n) is 10.0. The van der Waals surface area contributed by atoms with Gasteiger partial charge in [-0.25, -0.2) is 4.99 Å². The molecule has 2 heterocycles. The average Bonchev–Trinajstić information content (AvgIpc) is 3.36. The van der Waals surface area contributed by atoms with Gasteiger partial charge in [0.1, 0.15) is 0 Å². The summed E-state index contributed by atoms with van der Waals surface area (Å²) in [7, 11) is 0. The van der Waals surface area contributed by atoms with E-state index in [0.717, 1.165) is 58.1 Å². The molecule has 0 atom stereocenters. The normalized spacial score (nSPS) is 16.5. The number of likely N-dealkylation sites (tertiary alicyclic amines) is 1. The van der Waals surface area contributed by atoms with Crippen LogP contribution >= 0.6 is 24.0 Å². The third kappa shape index (κ3) is 6.68. The van der Waals surface area contributed by atoms with Crippen molar-refractivity contribution in [1.29, 1.82) is 0 Å². The van der Waals surface area contributed by atoms with Crippen LogP contribution in [-0.2, 0) is 11.3 Å². The number of nitrogens with one attached hydrogen (secondary N) is 2. The number of guanidine groups is 1. The van der Waals surface area contributed by atoms with Crippen molar-refractivity contribution in [2.24, 2.45) is 4.99 Å². The van der Waals surface area contributed by atoms with Crippen LogP contribution in [0.2, 0.25) is 0 Å². The van der Waals surface area contributed by atoms with Crippen LogP contribution in [0.4, 0.5) is 5.69 Å². The monoisotopic (exact) mass is 497 g/mol. The van der Waals surface area contributed by atoms with Gasteiger partial charge >= 0.3 is 0 Å². The highest BCUT2D eigenvalue weighted by atomic mass is 127. The molecular weight excluding hydrogens is 465 g/mol. The Kier molecular flexibility index (Phi) is 9.60. The predicted molar refractivity (Wildman–Crippen MR) is 126 cm³/mol. The first-order valence-corrected chi connectivity index (χ1v) is 10.0. The molecule has 0 spiro atoms. The van der Waals surface area contributed by atoms with Crippen LogP contribution < -0.4 is 15.5 Å². The number of benzene rings is 1. The maximum absolute atomic E-state index is 11.6. The van der Waals surface area contributed by atoms with Crippen molar-refractivity contribution >= 4 is 41.5 Å². The highest BCUT2D eigenvalue weighted by Crippen LogP contribution is 2.17. The number of nitrogens with zero attached hydrogens (tertiary/aromatic N) is 3. The summed E-state index contributed by atoms with van der Waals surface area (Å²) in [4.78, 5) is 20.6. The molecule has 1 saturated heterocycles. The lowest BCUT2D eigenvalue weighted by Gasteiger charge is -2.18. The Hall–Kier alpha value is -1.77. The summed E-state index contributed by atoms with van der Waals surface area (Å²) in [6.45, 7) is 8.10. The second kappa shape index (κ2) is 11.9. The quantitative estimate of drug-likeness (QED) is 0.191. The van der Waals surface area contributed by atoms with Gasteiger partial charge in [0.05, 0.1) is 6.54 Å². The van der Waals surface area contributed by atoms with Crippen LogP contribution in [0.25, 0.3) is 0 Å². The van der Waals surface area contributed by atoms with Crippen LogP contribution in [0.3, 0.4) is 0 Å². The first kappa shape index (κ1) is 22.5. The molecule has 154 valence electrons. The standard InChI is InChI=1S/C21H31N5O.HI/c1-2-22-21(23-12-6-16-26-15-5-7-20(26)27)24-17-18-8-10-19(11-9-18)25-13-3-4-14-25;/h3-4,8-11H,2,5-7,12-17H2,1H3,(H2,22,23,24);1H. The Morgan fingerprint density at radius 1 is 1.14 bits per heavy atom. The Morgan fingerprint density at radius 3 is 2.54 bits per heavy atom. The molecule has 0 aliphatic carbocycles. The summed E-state index contributed by atoms with van der Waals surface area (Å²) in [6.07, 6.45) is 7.06. The van der Waals surface area contributed by atoms with Crippen molar-refractivity contribution in [3.05, 3.63) is 42.0 Å². The van der Waals surface area contributed by atoms with Gasteiger partial charge < -0.3 is 20.4 Å². The number of anilines is 1. The maximum Gasteiger partial charge on any atom is 0.222 e. The van der Waals surface area contributed by atoms with Gasteiger partial charge in [0, 0.05) is 51.4 Å². The topological polar surface area (TPSA) is 60.0 Å². The molecule has 0 saturated carbocycles. The summed E-state index contributed by atoms with van der Waals surface area (Å²) in [5, 5.41) is 6.66. The van der Waals surface area contributed by atoms with Gasteiger partial charge in [-0.2, -0.15) is 0 Å². The molecule has 2 aliphatic heterocycles. The third-order valence-corrected chi connectivity index (χ3v) is 4.95. The van der Waals surface area contributed by atoms with Crippen molar-refractivity contribution in [3.8, 4) is 0 Å². The molecule has 1 aromatic carbocycles. The molecule has 6 nitrogen and oxygen atoms in total. The summed E-state index contributed by atoms with van der Waals surface area (Å²) in [6, 6.07) is 8.65. The number of hydrogen-bond acceptors (Lipinski definition) is 3. The molecule has 28 heavy (non-hydrogen) atoms. The van der Waals surface area contributed by atoms with E-state index in [0.29, 0.717) is 18.9 Å². The number of carbonyl (C=O) groups excluding carboxylic acids is 1. The molecule has 0 unspecified atom stereocenters. The van der Waals surface area contributed by atoms with Crippen molar-refractivity contribution in [2.45, 2.75) is 32.7 Å². The SMILES string of the molecule is CCNC(=NCc1ccc(N2CC=CC2)cc1)NCCCN1CCCC1=O.I. The van der Waals surface area contributed by atoms with Crippen molar-refractivity contribution in [3.63, 3.8) is 0 Å². The number of hydrogen-bond donors (Lipinski definition) is 2. The number of rotatable bonds is 8. The molecule has 1 fully saturated rings. The average molecular weight is 497 g/mol. The fourth-order valence-electron chi connectivity index (χ4n) is 3.43. The minimum absolute atomic E-state index is 0. The smallest absolute Gasteiger partial charge is 0.222 e. The maximum atomic E-state index is 11.6. The lowest BCUT2D eigenvalue weighted by Crippen LogP contribution is -2.39. The molecule has 7 heteroatoms. The number of amides is 1. The zero-order valence-corrected chi connectivity index (χ0v) is 19.0. The van der Waals surface area contributed by atoms with Crippen molar-refractivity contribution < 1.29 is 4.79 Å². The molecule has 2 aliphatic rings. The Bertz CT molecular complexity index is 666. The van der Waals surface area contributed by atoms with Crippen LogP contribution in [0.15, 0.2) is 41.4 Å². The van der Waals surface area contributed by atoms with E-state index in [1.54, 1.807) is 0 Å². The van der Waals surface area contributed by atoms with E-state index in [4.69, 9.17) is 0 Å². The molecule has 2 N–H and O–H groups in total. The van der Waals surface area contributed by atoms with Crippen molar-refractivity contribution in [1.82, 2.24) is 15.5 Å². The Morgan fingerprint density at radius 2 is 1.89 bits per heavy atom. The minimum Gasteiger partial charge on any atom is -0.364 e. The van der Waals surface area contributed by atoms with E-state index in [2.05, 4.69) is 63.9 Å². The highest BCUT2D eigenvalue weighted by Gasteiger charge is 2.18. The Balaban J connectivity index is 0.00000280. The van der Waals surface area contributed by atoms with Gasteiger partial charge in [-0.3, -0.25) is 4.79 Å². The number of carbonyl (C=O) groups is 1. The fraction of sp³-hybridized carbons (Fsp3) is 0.524. The van der Waals surface area contributed by atoms with Gasteiger partial charge in [0.25, 0.3) is 0 Å². The fourth-order valence-corrected chi connectivity index (χ4v) is 3.43. The number of halogens is 1. The summed E-state index contributed by atoms with van der Waals surface area (Å²) >= 11 is 0. The lowest BCUT2D eigenvalue weighted by molar-refractivity contribution is -0.127.